The fourth-order valence-electron chi connectivity index (χ4n) is 1.74. The van der Waals surface area contributed by atoms with Gasteiger partial charge in [-0.1, -0.05) is 53.1 Å². The fourth-order valence-corrected chi connectivity index (χ4v) is 2.21. The molecule has 0 saturated heterocycles. The first-order chi connectivity index (χ1) is 8.52. The van der Waals surface area contributed by atoms with Crippen LogP contribution in [0.1, 0.15) is 35.9 Å². The lowest BCUT2D eigenvalue weighted by Crippen LogP contribution is -2.02. The van der Waals surface area contributed by atoms with Crippen molar-refractivity contribution in [1.29, 1.82) is 0 Å². The molecule has 1 N–H and O–H groups in total. The van der Waals surface area contributed by atoms with Gasteiger partial charge >= 0.3 is 5.97 Å². The first-order valence-corrected chi connectivity index (χ1v) is 6.29. The molecule has 0 saturated carbocycles. The van der Waals surface area contributed by atoms with Crippen LogP contribution >= 0.6 is 15.9 Å². The SMILES string of the molecule is CC(C)c1onc(-c2ccccc2Br)c1C(=O)O. The zero-order valence-electron chi connectivity index (χ0n) is 9.98. The number of benzene rings is 1. The Morgan fingerprint density at radius 3 is 2.61 bits per heavy atom. The van der Waals surface area contributed by atoms with Gasteiger partial charge in [-0.25, -0.2) is 4.79 Å². The third-order valence-electron chi connectivity index (χ3n) is 2.59. The molecule has 2 aromatic rings. The van der Waals surface area contributed by atoms with Crippen LogP contribution in [0.5, 0.6) is 0 Å². The van der Waals surface area contributed by atoms with Crippen molar-refractivity contribution >= 4 is 21.9 Å². The van der Waals surface area contributed by atoms with Crippen LogP contribution in [-0.4, -0.2) is 16.2 Å². The average molecular weight is 310 g/mol. The van der Waals surface area contributed by atoms with E-state index in [9.17, 15) is 9.90 Å². The quantitative estimate of drug-likeness (QED) is 0.933. The van der Waals surface area contributed by atoms with E-state index in [0.29, 0.717) is 17.0 Å². The second kappa shape index (κ2) is 4.94. The highest BCUT2D eigenvalue weighted by Crippen LogP contribution is 2.33. The molecule has 0 aliphatic rings. The van der Waals surface area contributed by atoms with Crippen molar-refractivity contribution in [3.05, 3.63) is 40.1 Å². The Morgan fingerprint density at radius 1 is 1.39 bits per heavy atom. The predicted octanol–water partition coefficient (Wildman–Crippen LogP) is 3.93. The maximum atomic E-state index is 11.4. The van der Waals surface area contributed by atoms with Crippen LogP contribution in [-0.2, 0) is 0 Å². The number of rotatable bonds is 3. The van der Waals surface area contributed by atoms with Crippen molar-refractivity contribution in [2.45, 2.75) is 19.8 Å². The van der Waals surface area contributed by atoms with Gasteiger partial charge in [0.1, 0.15) is 11.3 Å². The van der Waals surface area contributed by atoms with Gasteiger partial charge in [0.2, 0.25) is 0 Å². The number of hydrogen-bond donors (Lipinski definition) is 1. The maximum Gasteiger partial charge on any atom is 0.341 e. The van der Waals surface area contributed by atoms with Gasteiger partial charge < -0.3 is 9.63 Å². The third-order valence-corrected chi connectivity index (χ3v) is 3.28. The first kappa shape index (κ1) is 12.8. The zero-order valence-corrected chi connectivity index (χ0v) is 11.6. The Hall–Kier alpha value is -1.62. The molecule has 0 bridgehead atoms. The summed E-state index contributed by atoms with van der Waals surface area (Å²) < 4.78 is 5.96. The molecule has 5 heteroatoms. The molecule has 0 fully saturated rings. The highest BCUT2D eigenvalue weighted by atomic mass is 79.9. The molecule has 0 atom stereocenters. The molecular weight excluding hydrogens is 298 g/mol. The summed E-state index contributed by atoms with van der Waals surface area (Å²) in [6.07, 6.45) is 0. The molecule has 1 aromatic carbocycles. The summed E-state index contributed by atoms with van der Waals surface area (Å²) in [6, 6.07) is 7.33. The minimum atomic E-state index is -1.02. The lowest BCUT2D eigenvalue weighted by atomic mass is 10.0. The van der Waals surface area contributed by atoms with Crippen molar-refractivity contribution in [3.63, 3.8) is 0 Å². The summed E-state index contributed by atoms with van der Waals surface area (Å²) in [5.74, 6) is -0.654. The molecule has 0 unspecified atom stereocenters. The predicted molar refractivity (Wildman–Crippen MR) is 70.7 cm³/mol. The van der Waals surface area contributed by atoms with Gasteiger partial charge in [0.05, 0.1) is 0 Å². The van der Waals surface area contributed by atoms with Crippen molar-refractivity contribution in [2.24, 2.45) is 0 Å². The maximum absolute atomic E-state index is 11.4. The van der Waals surface area contributed by atoms with Crippen LogP contribution in [0.2, 0.25) is 0 Å². The van der Waals surface area contributed by atoms with Gasteiger partial charge in [0.15, 0.2) is 5.76 Å². The molecule has 0 aliphatic heterocycles. The van der Waals surface area contributed by atoms with E-state index >= 15 is 0 Å². The molecular formula is C13H12BrNO3. The number of carbonyl (C=O) groups is 1. The number of carboxylic acid groups (broad SMARTS) is 1. The van der Waals surface area contributed by atoms with E-state index < -0.39 is 5.97 Å². The Kier molecular flexibility index (Phi) is 3.52. The molecule has 0 aliphatic carbocycles. The second-order valence-electron chi connectivity index (χ2n) is 4.21. The number of nitrogens with zero attached hydrogens (tertiary/aromatic N) is 1. The molecule has 4 nitrogen and oxygen atoms in total. The summed E-state index contributed by atoms with van der Waals surface area (Å²) in [4.78, 5) is 11.4. The Bertz CT molecular complexity index is 590. The normalized spacial score (nSPS) is 10.9. The molecule has 0 amide bonds. The number of aromatic nitrogens is 1. The highest BCUT2D eigenvalue weighted by molar-refractivity contribution is 9.10. The van der Waals surface area contributed by atoms with Crippen LogP contribution in [0.15, 0.2) is 33.3 Å². The molecule has 2 rings (SSSR count). The number of aromatic carboxylic acids is 1. The number of hydrogen-bond acceptors (Lipinski definition) is 3. The van der Waals surface area contributed by atoms with Crippen molar-refractivity contribution < 1.29 is 14.4 Å². The van der Waals surface area contributed by atoms with Crippen LogP contribution in [0.4, 0.5) is 0 Å². The molecule has 18 heavy (non-hydrogen) atoms. The fraction of sp³-hybridized carbons (Fsp3) is 0.231. The van der Waals surface area contributed by atoms with E-state index in [4.69, 9.17) is 4.52 Å². The molecule has 1 heterocycles. The topological polar surface area (TPSA) is 63.3 Å². The Morgan fingerprint density at radius 2 is 2.06 bits per heavy atom. The van der Waals surface area contributed by atoms with Crippen LogP contribution in [0.25, 0.3) is 11.3 Å². The van der Waals surface area contributed by atoms with Gasteiger partial charge in [0, 0.05) is 16.0 Å². The average Bonchev–Trinajstić information content (AvgIpc) is 2.74. The molecule has 0 radical (unpaired) electrons. The molecule has 1 aromatic heterocycles. The highest BCUT2D eigenvalue weighted by Gasteiger charge is 2.26. The van der Waals surface area contributed by atoms with E-state index in [1.54, 1.807) is 6.07 Å². The van der Waals surface area contributed by atoms with Gasteiger partial charge in [-0.3, -0.25) is 0 Å². The minimum Gasteiger partial charge on any atom is -0.477 e. The van der Waals surface area contributed by atoms with Gasteiger partial charge in [-0.2, -0.15) is 0 Å². The van der Waals surface area contributed by atoms with E-state index in [0.717, 1.165) is 4.47 Å². The second-order valence-corrected chi connectivity index (χ2v) is 5.06. The van der Waals surface area contributed by atoms with Crippen LogP contribution in [0.3, 0.4) is 0 Å². The van der Waals surface area contributed by atoms with Crippen molar-refractivity contribution in [1.82, 2.24) is 5.16 Å². The summed E-state index contributed by atoms with van der Waals surface area (Å²) in [6.45, 7) is 3.74. The smallest absolute Gasteiger partial charge is 0.341 e. The zero-order chi connectivity index (χ0) is 13.3. The lowest BCUT2D eigenvalue weighted by molar-refractivity contribution is 0.0694. The van der Waals surface area contributed by atoms with E-state index in [1.807, 2.05) is 32.0 Å². The number of carboxylic acids is 1. The van der Waals surface area contributed by atoms with Gasteiger partial charge in [0.25, 0.3) is 0 Å². The number of halogens is 1. The standard InChI is InChI=1S/C13H12BrNO3/c1-7(2)12-10(13(16)17)11(15-18-12)8-5-3-4-6-9(8)14/h3-7H,1-2H3,(H,16,17). The first-order valence-electron chi connectivity index (χ1n) is 5.50. The monoisotopic (exact) mass is 309 g/mol. The van der Waals surface area contributed by atoms with Gasteiger partial charge in [-0.15, -0.1) is 0 Å². The summed E-state index contributed by atoms with van der Waals surface area (Å²) >= 11 is 3.39. The van der Waals surface area contributed by atoms with E-state index in [2.05, 4.69) is 21.1 Å². The summed E-state index contributed by atoms with van der Waals surface area (Å²) in [7, 11) is 0. The lowest BCUT2D eigenvalue weighted by Gasteiger charge is -2.03. The summed E-state index contributed by atoms with van der Waals surface area (Å²) in [5, 5.41) is 13.2. The van der Waals surface area contributed by atoms with Crippen LogP contribution < -0.4 is 0 Å². The molecule has 0 spiro atoms. The van der Waals surface area contributed by atoms with E-state index in [-0.39, 0.29) is 11.5 Å². The van der Waals surface area contributed by atoms with Crippen LogP contribution in [0, 0.1) is 0 Å². The third kappa shape index (κ3) is 2.18. The summed E-state index contributed by atoms with van der Waals surface area (Å²) in [5.41, 5.74) is 1.21. The van der Waals surface area contributed by atoms with Crippen molar-refractivity contribution in [2.75, 3.05) is 0 Å². The largest absolute Gasteiger partial charge is 0.477 e. The van der Waals surface area contributed by atoms with Gasteiger partial charge in [-0.05, 0) is 6.07 Å². The van der Waals surface area contributed by atoms with Crippen molar-refractivity contribution in [3.8, 4) is 11.3 Å². The Balaban J connectivity index is 2.66. The molecule has 94 valence electrons. The van der Waals surface area contributed by atoms with E-state index in [1.165, 1.54) is 0 Å². The minimum absolute atomic E-state index is 0.0279. The Labute approximate surface area is 113 Å².